The van der Waals surface area contributed by atoms with E-state index in [2.05, 4.69) is 16.1 Å². The summed E-state index contributed by atoms with van der Waals surface area (Å²) in [5.41, 5.74) is 1.18. The van der Waals surface area contributed by atoms with Crippen molar-refractivity contribution in [3.8, 4) is 0 Å². The topological polar surface area (TPSA) is 61.4 Å². The molecule has 0 radical (unpaired) electrons. The SMILES string of the molecule is Cl.O=S(=O)(NCC1=CCNCC1)N1CCCCC1. The van der Waals surface area contributed by atoms with Crippen molar-refractivity contribution >= 4 is 22.6 Å². The van der Waals surface area contributed by atoms with Crippen molar-refractivity contribution in [3.05, 3.63) is 11.6 Å². The fourth-order valence-corrected chi connectivity index (χ4v) is 3.50. The Kier molecular flexibility index (Phi) is 6.59. The van der Waals surface area contributed by atoms with Gasteiger partial charge in [-0.25, -0.2) is 0 Å². The first-order chi connectivity index (χ1) is 8.18. The Balaban J connectivity index is 0.00000162. The molecule has 0 amide bonds. The molecule has 18 heavy (non-hydrogen) atoms. The van der Waals surface area contributed by atoms with Crippen LogP contribution in [0.5, 0.6) is 0 Å². The lowest BCUT2D eigenvalue weighted by Gasteiger charge is -2.26. The molecule has 0 atom stereocenters. The van der Waals surface area contributed by atoms with E-state index in [1.54, 1.807) is 4.31 Å². The number of rotatable bonds is 4. The lowest BCUT2D eigenvalue weighted by molar-refractivity contribution is 0.342. The van der Waals surface area contributed by atoms with E-state index in [9.17, 15) is 8.42 Å². The largest absolute Gasteiger partial charge is 0.313 e. The minimum absolute atomic E-state index is 0. The van der Waals surface area contributed by atoms with Crippen molar-refractivity contribution in [3.63, 3.8) is 0 Å². The quantitative estimate of drug-likeness (QED) is 0.749. The van der Waals surface area contributed by atoms with E-state index in [0.717, 1.165) is 38.8 Å². The molecule has 2 N–H and O–H groups in total. The number of nitrogens with zero attached hydrogens (tertiary/aromatic N) is 1. The van der Waals surface area contributed by atoms with Gasteiger partial charge in [0.15, 0.2) is 0 Å². The first-order valence-corrected chi connectivity index (χ1v) is 7.76. The molecule has 0 bridgehead atoms. The number of hydrogen-bond acceptors (Lipinski definition) is 3. The van der Waals surface area contributed by atoms with Crippen LogP contribution in [0.3, 0.4) is 0 Å². The molecule has 0 aromatic carbocycles. The predicted molar refractivity (Wildman–Crippen MR) is 75.2 cm³/mol. The second-order valence-electron chi connectivity index (χ2n) is 4.60. The molecule has 1 saturated heterocycles. The molecule has 7 heteroatoms. The van der Waals surface area contributed by atoms with Gasteiger partial charge in [0.2, 0.25) is 0 Å². The summed E-state index contributed by atoms with van der Waals surface area (Å²) in [5.74, 6) is 0. The third-order valence-electron chi connectivity index (χ3n) is 3.29. The lowest BCUT2D eigenvalue weighted by Crippen LogP contribution is -2.44. The van der Waals surface area contributed by atoms with Gasteiger partial charge in [-0.05, 0) is 25.8 Å². The average Bonchev–Trinajstić information content (AvgIpc) is 2.39. The Bertz CT molecular complexity index is 378. The number of piperidine rings is 1. The van der Waals surface area contributed by atoms with Crippen LogP contribution in [0.25, 0.3) is 0 Å². The van der Waals surface area contributed by atoms with Crippen molar-refractivity contribution in [1.29, 1.82) is 0 Å². The number of hydrogen-bond donors (Lipinski definition) is 2. The van der Waals surface area contributed by atoms with Crippen LogP contribution in [0.1, 0.15) is 25.7 Å². The smallest absolute Gasteiger partial charge is 0.279 e. The minimum atomic E-state index is -3.26. The van der Waals surface area contributed by atoms with Crippen LogP contribution in [0.2, 0.25) is 0 Å². The minimum Gasteiger partial charge on any atom is -0.313 e. The number of nitrogens with one attached hydrogen (secondary N) is 2. The highest BCUT2D eigenvalue weighted by atomic mass is 35.5. The average molecular weight is 296 g/mol. The van der Waals surface area contributed by atoms with Gasteiger partial charge < -0.3 is 5.32 Å². The standard InChI is InChI=1S/C11H21N3O2S.ClH/c15-17(16,14-8-2-1-3-9-14)13-10-11-4-6-12-7-5-11;/h4,12-13H,1-3,5-10H2;1H. The molecular formula is C11H22ClN3O2S. The van der Waals surface area contributed by atoms with Gasteiger partial charge in [0, 0.05) is 26.2 Å². The van der Waals surface area contributed by atoms with E-state index in [1.807, 2.05) is 0 Å². The summed E-state index contributed by atoms with van der Waals surface area (Å²) in [4.78, 5) is 0. The van der Waals surface area contributed by atoms with Crippen LogP contribution in [-0.4, -0.2) is 45.4 Å². The van der Waals surface area contributed by atoms with Crippen LogP contribution in [0.15, 0.2) is 11.6 Å². The lowest BCUT2D eigenvalue weighted by atomic mass is 10.1. The fraction of sp³-hybridized carbons (Fsp3) is 0.818. The maximum Gasteiger partial charge on any atom is 0.279 e. The fourth-order valence-electron chi connectivity index (χ4n) is 2.21. The molecule has 0 aliphatic carbocycles. The summed E-state index contributed by atoms with van der Waals surface area (Å²) in [7, 11) is -3.26. The van der Waals surface area contributed by atoms with E-state index in [-0.39, 0.29) is 12.4 Å². The molecule has 0 aromatic heterocycles. The molecule has 0 spiro atoms. The van der Waals surface area contributed by atoms with Gasteiger partial charge in [-0.15, -0.1) is 12.4 Å². The summed E-state index contributed by atoms with van der Waals surface area (Å²) in [6.07, 6.45) is 6.11. The zero-order chi connectivity index (χ0) is 12.1. The third kappa shape index (κ3) is 4.51. The van der Waals surface area contributed by atoms with Gasteiger partial charge in [0.1, 0.15) is 0 Å². The Morgan fingerprint density at radius 1 is 1.28 bits per heavy atom. The molecule has 2 heterocycles. The molecule has 2 aliphatic rings. The number of halogens is 1. The maximum atomic E-state index is 12.0. The Hall–Kier alpha value is -0.140. The molecule has 0 unspecified atom stereocenters. The highest BCUT2D eigenvalue weighted by Crippen LogP contribution is 2.12. The third-order valence-corrected chi connectivity index (χ3v) is 4.85. The van der Waals surface area contributed by atoms with Crippen LogP contribution in [0.4, 0.5) is 0 Å². The van der Waals surface area contributed by atoms with Crippen LogP contribution in [0, 0.1) is 0 Å². The summed E-state index contributed by atoms with van der Waals surface area (Å²) in [6, 6.07) is 0. The van der Waals surface area contributed by atoms with Crippen LogP contribution < -0.4 is 10.0 Å². The van der Waals surface area contributed by atoms with Gasteiger partial charge in [-0.1, -0.05) is 18.1 Å². The van der Waals surface area contributed by atoms with E-state index >= 15 is 0 Å². The van der Waals surface area contributed by atoms with Crippen molar-refractivity contribution in [2.75, 3.05) is 32.7 Å². The first kappa shape index (κ1) is 15.9. The Labute approximate surface area is 116 Å². The molecule has 2 rings (SSSR count). The second-order valence-corrected chi connectivity index (χ2v) is 6.36. The summed E-state index contributed by atoms with van der Waals surface area (Å²) >= 11 is 0. The van der Waals surface area contributed by atoms with Crippen molar-refractivity contribution in [2.24, 2.45) is 0 Å². The first-order valence-electron chi connectivity index (χ1n) is 6.32. The van der Waals surface area contributed by atoms with E-state index in [1.165, 1.54) is 5.57 Å². The van der Waals surface area contributed by atoms with E-state index in [0.29, 0.717) is 19.6 Å². The van der Waals surface area contributed by atoms with Crippen LogP contribution >= 0.6 is 12.4 Å². The van der Waals surface area contributed by atoms with Crippen molar-refractivity contribution in [1.82, 2.24) is 14.3 Å². The molecule has 2 aliphatic heterocycles. The molecular weight excluding hydrogens is 274 g/mol. The van der Waals surface area contributed by atoms with E-state index in [4.69, 9.17) is 0 Å². The molecule has 0 saturated carbocycles. The zero-order valence-electron chi connectivity index (χ0n) is 10.5. The summed E-state index contributed by atoms with van der Waals surface area (Å²) < 4.78 is 28.3. The summed E-state index contributed by atoms with van der Waals surface area (Å²) in [5, 5.41) is 3.21. The second kappa shape index (κ2) is 7.45. The molecule has 106 valence electrons. The summed E-state index contributed by atoms with van der Waals surface area (Å²) in [6.45, 7) is 3.57. The van der Waals surface area contributed by atoms with E-state index < -0.39 is 10.2 Å². The van der Waals surface area contributed by atoms with Gasteiger partial charge in [-0.2, -0.15) is 17.4 Å². The monoisotopic (exact) mass is 295 g/mol. The van der Waals surface area contributed by atoms with Crippen LogP contribution in [-0.2, 0) is 10.2 Å². The Morgan fingerprint density at radius 3 is 2.61 bits per heavy atom. The van der Waals surface area contributed by atoms with Gasteiger partial charge >= 0.3 is 0 Å². The van der Waals surface area contributed by atoms with Gasteiger partial charge in [0.25, 0.3) is 10.2 Å². The normalized spacial score (nSPS) is 22.1. The van der Waals surface area contributed by atoms with Crippen molar-refractivity contribution in [2.45, 2.75) is 25.7 Å². The molecule has 1 fully saturated rings. The highest BCUT2D eigenvalue weighted by molar-refractivity contribution is 7.87. The zero-order valence-corrected chi connectivity index (χ0v) is 12.2. The predicted octanol–water partition coefficient (Wildman–Crippen LogP) is 0.648. The van der Waals surface area contributed by atoms with Gasteiger partial charge in [-0.3, -0.25) is 0 Å². The molecule has 5 nitrogen and oxygen atoms in total. The maximum absolute atomic E-state index is 12.0. The Morgan fingerprint density at radius 2 is 2.00 bits per heavy atom. The van der Waals surface area contributed by atoms with Crippen molar-refractivity contribution < 1.29 is 8.42 Å². The molecule has 0 aromatic rings. The van der Waals surface area contributed by atoms with Gasteiger partial charge in [0.05, 0.1) is 0 Å². The highest BCUT2D eigenvalue weighted by Gasteiger charge is 2.23.